The van der Waals surface area contributed by atoms with Crippen molar-refractivity contribution in [3.05, 3.63) is 47.5 Å². The van der Waals surface area contributed by atoms with E-state index in [1.165, 1.54) is 56.9 Å². The van der Waals surface area contributed by atoms with E-state index in [1.54, 1.807) is 12.1 Å². The van der Waals surface area contributed by atoms with Crippen molar-refractivity contribution < 1.29 is 22.6 Å². The zero-order valence-corrected chi connectivity index (χ0v) is 15.8. The lowest BCUT2D eigenvalue weighted by molar-refractivity contribution is 0.319. The summed E-state index contributed by atoms with van der Waals surface area (Å²) < 4.78 is 42.7. The molecule has 0 saturated heterocycles. The van der Waals surface area contributed by atoms with Crippen LogP contribution in [0.4, 0.5) is 0 Å². The summed E-state index contributed by atoms with van der Waals surface area (Å²) in [5, 5.41) is 8.84. The molecule has 0 spiro atoms. The van der Waals surface area contributed by atoms with E-state index in [1.807, 2.05) is 6.07 Å². The number of rotatable bonds is 7. The van der Waals surface area contributed by atoms with Crippen molar-refractivity contribution in [1.82, 2.24) is 4.31 Å². The van der Waals surface area contributed by atoms with Crippen molar-refractivity contribution in [1.29, 1.82) is 5.26 Å². The predicted octanol–water partition coefficient (Wildman–Crippen LogP) is 2.40. The first-order chi connectivity index (χ1) is 12.4. The van der Waals surface area contributed by atoms with Gasteiger partial charge in [-0.3, -0.25) is 0 Å². The number of nitriles is 1. The smallest absolute Gasteiger partial charge is 0.243 e. The van der Waals surface area contributed by atoms with Crippen molar-refractivity contribution >= 4 is 10.0 Å². The molecule has 2 aromatic rings. The Bertz CT molecular complexity index is 918. The van der Waals surface area contributed by atoms with Gasteiger partial charge in [-0.15, -0.1) is 0 Å². The molecule has 2 rings (SSSR count). The highest BCUT2D eigenvalue weighted by Crippen LogP contribution is 2.40. The average Bonchev–Trinajstić information content (AvgIpc) is 2.67. The molecule has 0 heterocycles. The van der Waals surface area contributed by atoms with Crippen LogP contribution in [0.5, 0.6) is 17.2 Å². The number of hydrogen-bond acceptors (Lipinski definition) is 6. The van der Waals surface area contributed by atoms with Crippen LogP contribution in [0, 0.1) is 11.3 Å². The third-order valence-corrected chi connectivity index (χ3v) is 5.69. The van der Waals surface area contributed by atoms with E-state index in [0.29, 0.717) is 28.4 Å². The van der Waals surface area contributed by atoms with Crippen LogP contribution in [0.25, 0.3) is 0 Å². The second-order valence-electron chi connectivity index (χ2n) is 5.39. The van der Waals surface area contributed by atoms with E-state index in [9.17, 15) is 8.42 Å². The predicted molar refractivity (Wildman–Crippen MR) is 95.9 cm³/mol. The molecule has 0 aliphatic rings. The maximum Gasteiger partial charge on any atom is 0.243 e. The third kappa shape index (κ3) is 3.74. The first-order valence-electron chi connectivity index (χ1n) is 7.63. The van der Waals surface area contributed by atoms with Gasteiger partial charge in [0, 0.05) is 19.2 Å². The van der Waals surface area contributed by atoms with E-state index in [2.05, 4.69) is 0 Å². The lowest BCUT2D eigenvalue weighted by atomic mass is 10.1. The minimum atomic E-state index is -3.73. The summed E-state index contributed by atoms with van der Waals surface area (Å²) in [7, 11) is 2.23. The molecule has 0 radical (unpaired) electrons. The van der Waals surface area contributed by atoms with Gasteiger partial charge in [-0.05, 0) is 30.3 Å². The molecule has 0 aromatic heterocycles. The van der Waals surface area contributed by atoms with E-state index in [-0.39, 0.29) is 11.4 Å². The van der Waals surface area contributed by atoms with Gasteiger partial charge in [0.1, 0.15) is 0 Å². The van der Waals surface area contributed by atoms with Crippen LogP contribution in [-0.4, -0.2) is 41.1 Å². The van der Waals surface area contributed by atoms with Gasteiger partial charge in [0.2, 0.25) is 15.8 Å². The highest BCUT2D eigenvalue weighted by atomic mass is 32.2. The first-order valence-corrected chi connectivity index (χ1v) is 9.07. The quantitative estimate of drug-likeness (QED) is 0.737. The lowest BCUT2D eigenvalue weighted by Crippen LogP contribution is -2.26. The van der Waals surface area contributed by atoms with Crippen molar-refractivity contribution in [2.75, 3.05) is 28.4 Å². The fraction of sp³-hybridized carbons (Fsp3) is 0.278. The van der Waals surface area contributed by atoms with Crippen LogP contribution < -0.4 is 14.2 Å². The Morgan fingerprint density at radius 2 is 1.58 bits per heavy atom. The lowest BCUT2D eigenvalue weighted by Gasteiger charge is -2.20. The Labute approximate surface area is 153 Å². The van der Waals surface area contributed by atoms with Crippen molar-refractivity contribution in [2.24, 2.45) is 0 Å². The molecule has 138 valence electrons. The van der Waals surface area contributed by atoms with Gasteiger partial charge >= 0.3 is 0 Å². The summed E-state index contributed by atoms with van der Waals surface area (Å²) in [6.45, 7) is 0.0753. The Hall–Kier alpha value is -2.76. The standard InChI is InChI=1S/C18H20N2O5S/c1-20(26(21,22)15-8-5-13(11-19)6-9-15)12-14-7-10-16(23-2)18(25-4)17(14)24-3/h5-10H,12H2,1-4H3. The Morgan fingerprint density at radius 1 is 0.962 bits per heavy atom. The van der Waals surface area contributed by atoms with Gasteiger partial charge in [0.25, 0.3) is 0 Å². The van der Waals surface area contributed by atoms with E-state index >= 15 is 0 Å². The molecule has 0 atom stereocenters. The summed E-state index contributed by atoms with van der Waals surface area (Å²) in [6, 6.07) is 11.1. The van der Waals surface area contributed by atoms with Crippen molar-refractivity contribution in [3.63, 3.8) is 0 Å². The SMILES string of the molecule is COc1ccc(CN(C)S(=O)(=O)c2ccc(C#N)cc2)c(OC)c1OC. The average molecular weight is 376 g/mol. The zero-order valence-electron chi connectivity index (χ0n) is 15.0. The van der Waals surface area contributed by atoms with Gasteiger partial charge in [0.05, 0.1) is 37.9 Å². The number of benzene rings is 2. The van der Waals surface area contributed by atoms with Gasteiger partial charge in [-0.1, -0.05) is 6.07 Å². The van der Waals surface area contributed by atoms with Gasteiger partial charge < -0.3 is 14.2 Å². The fourth-order valence-corrected chi connectivity index (χ4v) is 3.64. The van der Waals surface area contributed by atoms with Gasteiger partial charge in [-0.2, -0.15) is 9.57 Å². The topological polar surface area (TPSA) is 88.9 Å². The molecule has 0 bridgehead atoms. The second kappa shape index (κ2) is 8.08. The van der Waals surface area contributed by atoms with Crippen molar-refractivity contribution in [2.45, 2.75) is 11.4 Å². The molecule has 0 fully saturated rings. The van der Waals surface area contributed by atoms with Crippen LogP contribution in [0.2, 0.25) is 0 Å². The Kier molecular flexibility index (Phi) is 6.08. The van der Waals surface area contributed by atoms with E-state index < -0.39 is 10.0 Å². The highest BCUT2D eigenvalue weighted by molar-refractivity contribution is 7.89. The van der Waals surface area contributed by atoms with Gasteiger partial charge in [0.15, 0.2) is 11.5 Å². The van der Waals surface area contributed by atoms with E-state index in [4.69, 9.17) is 19.5 Å². The number of ether oxygens (including phenoxy) is 3. The first kappa shape index (κ1) is 19.6. The number of methoxy groups -OCH3 is 3. The van der Waals surface area contributed by atoms with Gasteiger partial charge in [-0.25, -0.2) is 8.42 Å². The normalized spacial score (nSPS) is 11.1. The second-order valence-corrected chi connectivity index (χ2v) is 7.44. The molecule has 8 heteroatoms. The molecule has 0 aliphatic heterocycles. The van der Waals surface area contributed by atoms with E-state index in [0.717, 1.165) is 0 Å². The molecular weight excluding hydrogens is 356 g/mol. The minimum absolute atomic E-state index is 0.0753. The molecule has 0 aliphatic carbocycles. The molecule has 2 aromatic carbocycles. The largest absolute Gasteiger partial charge is 0.493 e. The number of hydrogen-bond donors (Lipinski definition) is 0. The third-order valence-electron chi connectivity index (χ3n) is 3.87. The zero-order chi connectivity index (χ0) is 19.3. The fourth-order valence-electron chi connectivity index (χ4n) is 2.49. The summed E-state index contributed by atoms with van der Waals surface area (Å²) in [6.07, 6.45) is 0. The number of sulfonamides is 1. The van der Waals surface area contributed by atoms with Crippen LogP contribution in [0.3, 0.4) is 0 Å². The molecule has 26 heavy (non-hydrogen) atoms. The summed E-state index contributed by atoms with van der Waals surface area (Å²) >= 11 is 0. The highest BCUT2D eigenvalue weighted by Gasteiger charge is 2.24. The summed E-state index contributed by atoms with van der Waals surface area (Å²) in [5.41, 5.74) is 1.03. The van der Waals surface area contributed by atoms with Crippen LogP contribution in [0.1, 0.15) is 11.1 Å². The molecule has 0 saturated carbocycles. The molecular formula is C18H20N2O5S. The molecule has 0 amide bonds. The van der Waals surface area contributed by atoms with Crippen LogP contribution in [-0.2, 0) is 16.6 Å². The summed E-state index contributed by atoms with van der Waals surface area (Å²) in [5.74, 6) is 1.30. The van der Waals surface area contributed by atoms with Crippen molar-refractivity contribution in [3.8, 4) is 23.3 Å². The minimum Gasteiger partial charge on any atom is -0.493 e. The Morgan fingerprint density at radius 3 is 2.08 bits per heavy atom. The van der Waals surface area contributed by atoms with Crippen LogP contribution in [0.15, 0.2) is 41.3 Å². The number of nitrogens with zero attached hydrogens (tertiary/aromatic N) is 2. The molecule has 0 unspecified atom stereocenters. The van der Waals surface area contributed by atoms with Crippen LogP contribution >= 0.6 is 0 Å². The maximum absolute atomic E-state index is 12.8. The summed E-state index contributed by atoms with van der Waals surface area (Å²) in [4.78, 5) is 0.110. The monoisotopic (exact) mass is 376 g/mol. The Balaban J connectivity index is 2.36. The molecule has 7 nitrogen and oxygen atoms in total. The molecule has 0 N–H and O–H groups in total. The maximum atomic E-state index is 12.8.